The van der Waals surface area contributed by atoms with Crippen LogP contribution in [0.2, 0.25) is 0 Å². The third-order valence-corrected chi connectivity index (χ3v) is 5.52. The van der Waals surface area contributed by atoms with Gasteiger partial charge in [0.15, 0.2) is 5.78 Å². The van der Waals surface area contributed by atoms with Gasteiger partial charge in [0, 0.05) is 35.9 Å². The molecule has 0 fully saturated rings. The van der Waals surface area contributed by atoms with E-state index in [9.17, 15) is 18.0 Å². The van der Waals surface area contributed by atoms with Crippen molar-refractivity contribution >= 4 is 33.2 Å². The molecule has 1 heterocycles. The summed E-state index contributed by atoms with van der Waals surface area (Å²) in [6.45, 7) is 1.72. The van der Waals surface area contributed by atoms with Crippen LogP contribution < -0.4 is 15.4 Å². The molecular weight excluding hydrogens is 404 g/mol. The zero-order valence-corrected chi connectivity index (χ0v) is 16.9. The van der Waals surface area contributed by atoms with E-state index in [-0.39, 0.29) is 10.7 Å². The normalized spacial score (nSPS) is 10.8. The van der Waals surface area contributed by atoms with Crippen molar-refractivity contribution in [2.75, 3.05) is 10.0 Å². The molecule has 3 rings (SSSR count). The summed E-state index contributed by atoms with van der Waals surface area (Å²) in [5, 5.41) is 5.33. The Hall–Kier alpha value is -3.72. The summed E-state index contributed by atoms with van der Waals surface area (Å²) in [5.74, 6) is -0.159. The molecule has 154 valence electrons. The average molecular weight is 424 g/mol. The van der Waals surface area contributed by atoms with Gasteiger partial charge in [-0.25, -0.2) is 13.2 Å². The van der Waals surface area contributed by atoms with Crippen LogP contribution in [0.5, 0.6) is 0 Å². The maximum Gasteiger partial charge on any atom is 0.319 e. The number of ketones is 1. The second kappa shape index (κ2) is 9.19. The van der Waals surface area contributed by atoms with Gasteiger partial charge in [0.25, 0.3) is 10.0 Å². The van der Waals surface area contributed by atoms with E-state index >= 15 is 0 Å². The number of aromatic nitrogens is 1. The summed E-state index contributed by atoms with van der Waals surface area (Å²) >= 11 is 0. The fourth-order valence-corrected chi connectivity index (χ4v) is 3.64. The van der Waals surface area contributed by atoms with Crippen LogP contribution in [-0.4, -0.2) is 25.2 Å². The molecule has 8 nitrogen and oxygen atoms in total. The molecule has 0 saturated heterocycles. The molecule has 0 atom stereocenters. The van der Waals surface area contributed by atoms with Gasteiger partial charge >= 0.3 is 6.03 Å². The van der Waals surface area contributed by atoms with Gasteiger partial charge in [-0.2, -0.15) is 0 Å². The first-order valence-electron chi connectivity index (χ1n) is 9.01. The first kappa shape index (κ1) is 21.0. The fourth-order valence-electron chi connectivity index (χ4n) is 2.59. The van der Waals surface area contributed by atoms with Crippen molar-refractivity contribution in [2.45, 2.75) is 18.4 Å². The molecule has 0 aliphatic rings. The Kier molecular flexibility index (Phi) is 6.43. The maximum atomic E-state index is 12.6. The Morgan fingerprint density at radius 2 is 1.73 bits per heavy atom. The smallest absolute Gasteiger partial charge is 0.319 e. The molecule has 2 amide bonds. The van der Waals surface area contributed by atoms with Crippen LogP contribution in [0.3, 0.4) is 0 Å². The average Bonchev–Trinajstić information content (AvgIpc) is 2.73. The van der Waals surface area contributed by atoms with Crippen molar-refractivity contribution in [1.82, 2.24) is 10.3 Å². The second-order valence-corrected chi connectivity index (χ2v) is 8.12. The van der Waals surface area contributed by atoms with Gasteiger partial charge in [-0.3, -0.25) is 14.5 Å². The van der Waals surface area contributed by atoms with E-state index in [0.29, 0.717) is 23.5 Å². The third kappa shape index (κ3) is 5.65. The lowest BCUT2D eigenvalue weighted by Crippen LogP contribution is -2.28. The molecule has 0 saturated carbocycles. The van der Waals surface area contributed by atoms with E-state index < -0.39 is 16.1 Å². The van der Waals surface area contributed by atoms with Crippen LogP contribution in [0.4, 0.5) is 16.2 Å². The van der Waals surface area contributed by atoms with E-state index in [1.165, 1.54) is 37.3 Å². The maximum absolute atomic E-state index is 12.6. The number of rotatable bonds is 7. The Morgan fingerprint density at radius 3 is 2.40 bits per heavy atom. The summed E-state index contributed by atoms with van der Waals surface area (Å²) in [6, 6.07) is 15.2. The molecule has 1 aromatic heterocycles. The predicted octanol–water partition coefficient (Wildman–Crippen LogP) is 3.41. The molecule has 0 aliphatic heterocycles. The minimum absolute atomic E-state index is 0.0250. The van der Waals surface area contributed by atoms with Crippen molar-refractivity contribution in [2.24, 2.45) is 0 Å². The number of Topliss-reactive ketones (excluding diaryl/α,β-unsaturated/α-hetero) is 1. The van der Waals surface area contributed by atoms with E-state index in [4.69, 9.17) is 0 Å². The summed E-state index contributed by atoms with van der Waals surface area (Å²) < 4.78 is 27.6. The lowest BCUT2D eigenvalue weighted by atomic mass is 10.1. The van der Waals surface area contributed by atoms with Gasteiger partial charge in [-0.1, -0.05) is 18.2 Å². The van der Waals surface area contributed by atoms with Gasteiger partial charge in [-0.05, 0) is 55.0 Å². The predicted molar refractivity (Wildman–Crippen MR) is 114 cm³/mol. The van der Waals surface area contributed by atoms with Crippen LogP contribution >= 0.6 is 0 Å². The third-order valence-electron chi connectivity index (χ3n) is 4.12. The number of pyridine rings is 1. The van der Waals surface area contributed by atoms with Gasteiger partial charge in [-0.15, -0.1) is 0 Å². The number of benzene rings is 2. The minimum atomic E-state index is -3.84. The molecular formula is C21H20N4O4S. The number of carbonyl (C=O) groups is 2. The Labute approximate surface area is 174 Å². The largest absolute Gasteiger partial charge is 0.334 e. The summed E-state index contributed by atoms with van der Waals surface area (Å²) in [7, 11) is -3.84. The highest BCUT2D eigenvalue weighted by Gasteiger charge is 2.15. The second-order valence-electron chi connectivity index (χ2n) is 6.44. The van der Waals surface area contributed by atoms with Gasteiger partial charge in [0.1, 0.15) is 0 Å². The van der Waals surface area contributed by atoms with Crippen molar-refractivity contribution in [3.8, 4) is 0 Å². The standard InChI is InChI=1S/C21H20N4O4S/c1-15(26)17-5-2-6-19(12-17)25-30(28,29)20-9-7-18(8-10-20)24-21(27)23-14-16-4-3-11-22-13-16/h2-13,25H,14H2,1H3,(H2,23,24,27). The number of hydrogen-bond acceptors (Lipinski definition) is 5. The van der Waals surface area contributed by atoms with Crippen molar-refractivity contribution in [1.29, 1.82) is 0 Å². The highest BCUT2D eigenvalue weighted by atomic mass is 32.2. The summed E-state index contributed by atoms with van der Waals surface area (Å²) in [5.41, 5.74) is 2.00. The van der Waals surface area contributed by atoms with Gasteiger partial charge < -0.3 is 10.6 Å². The number of nitrogens with one attached hydrogen (secondary N) is 3. The lowest BCUT2D eigenvalue weighted by Gasteiger charge is -2.11. The quantitative estimate of drug-likeness (QED) is 0.503. The van der Waals surface area contributed by atoms with Crippen LogP contribution in [0, 0.1) is 0 Å². The van der Waals surface area contributed by atoms with Gasteiger partial charge in [0.2, 0.25) is 0 Å². The Balaban J connectivity index is 1.62. The monoisotopic (exact) mass is 424 g/mol. The number of amides is 2. The molecule has 2 aromatic carbocycles. The number of hydrogen-bond donors (Lipinski definition) is 3. The van der Waals surface area contributed by atoms with E-state index in [1.807, 2.05) is 6.07 Å². The van der Waals surface area contributed by atoms with E-state index in [1.54, 1.807) is 36.7 Å². The Bertz CT molecular complexity index is 1150. The molecule has 30 heavy (non-hydrogen) atoms. The van der Waals surface area contributed by atoms with Crippen LogP contribution in [0.25, 0.3) is 0 Å². The number of carbonyl (C=O) groups excluding carboxylic acids is 2. The number of anilines is 2. The summed E-state index contributed by atoms with van der Waals surface area (Å²) in [4.78, 5) is 27.5. The zero-order valence-electron chi connectivity index (χ0n) is 16.1. The molecule has 3 N–H and O–H groups in total. The van der Waals surface area contributed by atoms with E-state index in [2.05, 4.69) is 20.3 Å². The minimum Gasteiger partial charge on any atom is -0.334 e. The molecule has 0 unspecified atom stereocenters. The SMILES string of the molecule is CC(=O)c1cccc(NS(=O)(=O)c2ccc(NC(=O)NCc3cccnc3)cc2)c1. The first-order chi connectivity index (χ1) is 14.3. The van der Waals surface area contributed by atoms with Crippen molar-refractivity contribution < 1.29 is 18.0 Å². The van der Waals surface area contributed by atoms with Crippen molar-refractivity contribution in [3.05, 3.63) is 84.2 Å². The van der Waals surface area contributed by atoms with Crippen LogP contribution in [0.15, 0.2) is 78.0 Å². The van der Waals surface area contributed by atoms with Gasteiger partial charge in [0.05, 0.1) is 4.90 Å². The zero-order chi connectivity index (χ0) is 21.6. The molecule has 0 spiro atoms. The number of urea groups is 1. The van der Waals surface area contributed by atoms with Crippen LogP contribution in [0.1, 0.15) is 22.8 Å². The fraction of sp³-hybridized carbons (Fsp3) is 0.0952. The van der Waals surface area contributed by atoms with Crippen molar-refractivity contribution in [3.63, 3.8) is 0 Å². The number of nitrogens with zero attached hydrogens (tertiary/aromatic N) is 1. The highest BCUT2D eigenvalue weighted by Crippen LogP contribution is 2.19. The lowest BCUT2D eigenvalue weighted by molar-refractivity contribution is 0.101. The molecule has 0 aliphatic carbocycles. The summed E-state index contributed by atoms with van der Waals surface area (Å²) in [6.07, 6.45) is 3.30. The molecule has 0 radical (unpaired) electrons. The molecule has 0 bridgehead atoms. The molecule has 3 aromatic rings. The number of sulfonamides is 1. The first-order valence-corrected chi connectivity index (χ1v) is 10.5. The topological polar surface area (TPSA) is 117 Å². The van der Waals surface area contributed by atoms with Crippen LogP contribution in [-0.2, 0) is 16.6 Å². The molecule has 9 heteroatoms. The van der Waals surface area contributed by atoms with E-state index in [0.717, 1.165) is 5.56 Å². The Morgan fingerprint density at radius 1 is 0.967 bits per heavy atom. The highest BCUT2D eigenvalue weighted by molar-refractivity contribution is 7.92.